The van der Waals surface area contributed by atoms with E-state index < -0.39 is 0 Å². The molecule has 1 aromatic heterocycles. The van der Waals surface area contributed by atoms with Crippen molar-refractivity contribution in [3.8, 4) is 0 Å². The number of piperidine rings is 1. The summed E-state index contributed by atoms with van der Waals surface area (Å²) in [6.07, 6.45) is 4.19. The highest BCUT2D eigenvalue weighted by molar-refractivity contribution is 5.46. The van der Waals surface area contributed by atoms with Crippen LogP contribution in [-0.2, 0) is 13.6 Å². The first-order chi connectivity index (χ1) is 8.19. The molecule has 2 atom stereocenters. The predicted octanol–water partition coefficient (Wildman–Crippen LogP) is 0.998. The maximum absolute atomic E-state index is 5.59. The number of hydrogen-bond donors (Lipinski definition) is 2. The van der Waals surface area contributed by atoms with E-state index in [9.17, 15) is 0 Å². The van der Waals surface area contributed by atoms with Gasteiger partial charge in [-0.05, 0) is 32.1 Å². The maximum Gasteiger partial charge on any atom is 0.142 e. The summed E-state index contributed by atoms with van der Waals surface area (Å²) in [7, 11) is 1.93. The highest BCUT2D eigenvalue weighted by Crippen LogP contribution is 2.38. The molecule has 2 fully saturated rings. The van der Waals surface area contributed by atoms with Gasteiger partial charge >= 0.3 is 0 Å². The molecule has 1 saturated carbocycles. The van der Waals surface area contributed by atoms with E-state index >= 15 is 0 Å². The van der Waals surface area contributed by atoms with Gasteiger partial charge < -0.3 is 5.43 Å². The Labute approximate surface area is 102 Å². The van der Waals surface area contributed by atoms with Crippen LogP contribution in [0.5, 0.6) is 0 Å². The minimum absolute atomic E-state index is 0.797. The van der Waals surface area contributed by atoms with Gasteiger partial charge in [0.2, 0.25) is 0 Å². The highest BCUT2D eigenvalue weighted by atomic mass is 15.4. The topological polar surface area (TPSA) is 59.1 Å². The van der Waals surface area contributed by atoms with Gasteiger partial charge in [-0.1, -0.05) is 0 Å². The van der Waals surface area contributed by atoms with Crippen molar-refractivity contribution in [1.29, 1.82) is 0 Å². The fourth-order valence-corrected chi connectivity index (χ4v) is 3.50. The number of hydrogen-bond acceptors (Lipinski definition) is 4. The van der Waals surface area contributed by atoms with Crippen LogP contribution in [0.25, 0.3) is 0 Å². The average molecular weight is 235 g/mol. The Morgan fingerprint density at radius 2 is 2.29 bits per heavy atom. The molecule has 94 valence electrons. The molecule has 1 saturated heterocycles. The zero-order valence-electron chi connectivity index (χ0n) is 10.6. The van der Waals surface area contributed by atoms with Crippen molar-refractivity contribution < 1.29 is 0 Å². The molecule has 2 unspecified atom stereocenters. The molecule has 0 amide bonds. The summed E-state index contributed by atoms with van der Waals surface area (Å²) in [6, 6.07) is 0.797. The van der Waals surface area contributed by atoms with E-state index in [0.717, 1.165) is 30.0 Å². The van der Waals surface area contributed by atoms with Crippen molar-refractivity contribution in [3.05, 3.63) is 11.3 Å². The van der Waals surface area contributed by atoms with Crippen molar-refractivity contribution in [2.24, 2.45) is 18.8 Å². The SMILES string of the molecule is Cc1nn(C)c(NN)c1CN1CC2CCC1C2. The number of likely N-dealkylation sites (tertiary alicyclic amines) is 1. The molecule has 17 heavy (non-hydrogen) atoms. The molecule has 2 aliphatic rings. The summed E-state index contributed by atoms with van der Waals surface area (Å²) < 4.78 is 1.83. The number of aromatic nitrogens is 2. The summed E-state index contributed by atoms with van der Waals surface area (Å²) >= 11 is 0. The molecule has 2 heterocycles. The minimum Gasteiger partial charge on any atom is -0.308 e. The van der Waals surface area contributed by atoms with E-state index in [1.54, 1.807) is 0 Å². The predicted molar refractivity (Wildman–Crippen MR) is 67.3 cm³/mol. The van der Waals surface area contributed by atoms with E-state index in [0.29, 0.717) is 0 Å². The molecule has 0 radical (unpaired) electrons. The Kier molecular flexibility index (Phi) is 2.60. The Balaban J connectivity index is 1.81. The monoisotopic (exact) mass is 235 g/mol. The normalized spacial score (nSPS) is 27.9. The van der Waals surface area contributed by atoms with E-state index in [-0.39, 0.29) is 0 Å². The molecule has 3 N–H and O–H groups in total. The number of hydrazine groups is 1. The first kappa shape index (κ1) is 11.0. The summed E-state index contributed by atoms with van der Waals surface area (Å²) in [6.45, 7) is 4.30. The van der Waals surface area contributed by atoms with Crippen LogP contribution in [0, 0.1) is 12.8 Å². The zero-order chi connectivity index (χ0) is 12.0. The largest absolute Gasteiger partial charge is 0.308 e. The standard InChI is InChI=1S/C12H21N5/c1-8-11(12(14-13)16(2)15-8)7-17-6-9-3-4-10(17)5-9/h9-10,14H,3-7,13H2,1-2H3. The number of nitrogens with zero attached hydrogens (tertiary/aromatic N) is 3. The van der Waals surface area contributed by atoms with Crippen LogP contribution in [0.3, 0.4) is 0 Å². The maximum atomic E-state index is 5.59. The molecule has 0 spiro atoms. The molecular formula is C12H21N5. The number of nitrogens with one attached hydrogen (secondary N) is 1. The lowest BCUT2D eigenvalue weighted by atomic mass is 10.1. The Bertz CT molecular complexity index is 425. The second-order valence-electron chi connectivity index (χ2n) is 5.44. The van der Waals surface area contributed by atoms with E-state index in [2.05, 4.69) is 22.3 Å². The van der Waals surface area contributed by atoms with Crippen LogP contribution in [-0.4, -0.2) is 27.3 Å². The van der Waals surface area contributed by atoms with Gasteiger partial charge in [0.1, 0.15) is 5.82 Å². The second-order valence-corrected chi connectivity index (χ2v) is 5.44. The van der Waals surface area contributed by atoms with E-state index in [1.165, 1.54) is 31.4 Å². The molecule has 2 bridgehead atoms. The third kappa shape index (κ3) is 1.73. The number of fused-ring (bicyclic) bond motifs is 2. The number of rotatable bonds is 3. The molecule has 1 aromatic rings. The lowest BCUT2D eigenvalue weighted by molar-refractivity contribution is 0.205. The van der Waals surface area contributed by atoms with Crippen molar-refractivity contribution in [1.82, 2.24) is 14.7 Å². The lowest BCUT2D eigenvalue weighted by Crippen LogP contribution is -2.32. The number of nitrogens with two attached hydrogens (primary N) is 1. The first-order valence-electron chi connectivity index (χ1n) is 6.42. The van der Waals surface area contributed by atoms with E-state index in [1.807, 2.05) is 11.7 Å². The van der Waals surface area contributed by atoms with Gasteiger partial charge in [-0.15, -0.1) is 0 Å². The number of anilines is 1. The van der Waals surface area contributed by atoms with Gasteiger partial charge in [0.25, 0.3) is 0 Å². The summed E-state index contributed by atoms with van der Waals surface area (Å²) in [5.41, 5.74) is 5.12. The number of aryl methyl sites for hydroxylation is 2. The molecule has 0 aromatic carbocycles. The van der Waals surface area contributed by atoms with Crippen LogP contribution in [0.4, 0.5) is 5.82 Å². The third-order valence-electron chi connectivity index (χ3n) is 4.37. The third-order valence-corrected chi connectivity index (χ3v) is 4.37. The smallest absolute Gasteiger partial charge is 0.142 e. The van der Waals surface area contributed by atoms with Gasteiger partial charge in [-0.25, -0.2) is 5.84 Å². The first-order valence-corrected chi connectivity index (χ1v) is 6.42. The van der Waals surface area contributed by atoms with Gasteiger partial charge in [0, 0.05) is 31.7 Å². The van der Waals surface area contributed by atoms with Crippen LogP contribution < -0.4 is 11.3 Å². The van der Waals surface area contributed by atoms with Crippen LogP contribution in [0.1, 0.15) is 30.5 Å². The Morgan fingerprint density at radius 1 is 1.47 bits per heavy atom. The zero-order valence-corrected chi connectivity index (χ0v) is 10.6. The molecule has 1 aliphatic carbocycles. The fraction of sp³-hybridized carbons (Fsp3) is 0.750. The van der Waals surface area contributed by atoms with Gasteiger partial charge in [0.05, 0.1) is 5.69 Å². The summed E-state index contributed by atoms with van der Waals surface area (Å²) in [5, 5.41) is 4.43. The van der Waals surface area contributed by atoms with Crippen LogP contribution in [0.2, 0.25) is 0 Å². The van der Waals surface area contributed by atoms with Crippen LogP contribution in [0.15, 0.2) is 0 Å². The highest BCUT2D eigenvalue weighted by Gasteiger charge is 2.38. The minimum atomic E-state index is 0.797. The van der Waals surface area contributed by atoms with Crippen molar-refractivity contribution in [2.75, 3.05) is 12.0 Å². The molecule has 5 nitrogen and oxygen atoms in total. The van der Waals surface area contributed by atoms with Gasteiger partial charge in [-0.3, -0.25) is 9.58 Å². The molecule has 3 rings (SSSR count). The molecular weight excluding hydrogens is 214 g/mol. The van der Waals surface area contributed by atoms with Crippen molar-refractivity contribution in [2.45, 2.75) is 38.8 Å². The summed E-state index contributed by atoms with van der Waals surface area (Å²) in [5.74, 6) is 7.47. The fourth-order valence-electron chi connectivity index (χ4n) is 3.50. The molecule has 1 aliphatic heterocycles. The van der Waals surface area contributed by atoms with Crippen molar-refractivity contribution >= 4 is 5.82 Å². The average Bonchev–Trinajstić information content (AvgIpc) is 2.95. The molecule has 5 heteroatoms. The second kappa shape index (κ2) is 3.99. The van der Waals surface area contributed by atoms with Gasteiger partial charge in [-0.2, -0.15) is 5.10 Å². The summed E-state index contributed by atoms with van der Waals surface area (Å²) in [4.78, 5) is 2.60. The van der Waals surface area contributed by atoms with E-state index in [4.69, 9.17) is 5.84 Å². The van der Waals surface area contributed by atoms with Gasteiger partial charge in [0.15, 0.2) is 0 Å². The van der Waals surface area contributed by atoms with Crippen LogP contribution >= 0.6 is 0 Å². The lowest BCUT2D eigenvalue weighted by Gasteiger charge is -2.26. The quantitative estimate of drug-likeness (QED) is 0.606. The number of nitrogen functional groups attached to an aromatic ring is 1. The Hall–Kier alpha value is -1.07. The van der Waals surface area contributed by atoms with Crippen molar-refractivity contribution in [3.63, 3.8) is 0 Å². The Morgan fingerprint density at radius 3 is 2.88 bits per heavy atom.